The number of rotatable bonds is 4. The molecule has 140 valence electrons. The molecule has 2 aliphatic heterocycles. The predicted octanol–water partition coefficient (Wildman–Crippen LogP) is 3.68. The first-order chi connectivity index (χ1) is 12.7. The molecule has 1 aromatic heterocycles. The molecule has 1 amide bonds. The Kier molecular flexibility index (Phi) is 5.79. The van der Waals surface area contributed by atoms with Gasteiger partial charge in [-0.05, 0) is 25.3 Å². The number of carbonyl (C=O) groups excluding carboxylic acids is 1. The zero-order valence-electron chi connectivity index (χ0n) is 15.1. The molecule has 1 aromatic carbocycles. The van der Waals surface area contributed by atoms with Crippen molar-refractivity contribution in [3.63, 3.8) is 0 Å². The summed E-state index contributed by atoms with van der Waals surface area (Å²) in [5.41, 5.74) is 0. The third-order valence-corrected chi connectivity index (χ3v) is 7.20. The maximum Gasteiger partial charge on any atom is 0.236 e. The summed E-state index contributed by atoms with van der Waals surface area (Å²) < 4.78 is 1.26. The van der Waals surface area contributed by atoms with Gasteiger partial charge in [-0.25, -0.2) is 0 Å². The summed E-state index contributed by atoms with van der Waals surface area (Å²) in [6.45, 7) is 7.30. The average Bonchev–Trinajstić information content (AvgIpc) is 3.00. The lowest BCUT2D eigenvalue weighted by molar-refractivity contribution is -0.133. The van der Waals surface area contributed by atoms with E-state index in [1.165, 1.54) is 21.4 Å². The van der Waals surface area contributed by atoms with Crippen molar-refractivity contribution < 1.29 is 4.79 Å². The summed E-state index contributed by atoms with van der Waals surface area (Å²) >= 11 is 8.38. The van der Waals surface area contributed by atoms with Crippen molar-refractivity contribution in [2.45, 2.75) is 25.8 Å². The van der Waals surface area contributed by atoms with Crippen molar-refractivity contribution in [3.8, 4) is 0 Å². The molecule has 0 atom stereocenters. The summed E-state index contributed by atoms with van der Waals surface area (Å²) in [7, 11) is 0. The molecule has 3 heterocycles. The first-order valence-corrected chi connectivity index (χ1v) is 10.8. The molecule has 0 radical (unpaired) electrons. The molecule has 0 N–H and O–H groups in total. The Balaban J connectivity index is 1.29. The number of piperazine rings is 1. The van der Waals surface area contributed by atoms with Crippen LogP contribution in [0, 0.1) is 0 Å². The Hall–Kier alpha value is -1.14. The van der Waals surface area contributed by atoms with Crippen LogP contribution in [0.25, 0.3) is 10.1 Å². The number of benzene rings is 1. The van der Waals surface area contributed by atoms with E-state index in [1.54, 1.807) is 11.3 Å². The third kappa shape index (κ3) is 4.06. The highest BCUT2D eigenvalue weighted by Crippen LogP contribution is 2.35. The van der Waals surface area contributed by atoms with Gasteiger partial charge in [-0.3, -0.25) is 14.6 Å². The first kappa shape index (κ1) is 18.2. The normalized spacial score (nSPS) is 20.0. The van der Waals surface area contributed by atoms with Gasteiger partial charge >= 0.3 is 0 Å². The highest BCUT2D eigenvalue weighted by Gasteiger charge is 2.23. The lowest BCUT2D eigenvalue weighted by atomic mass is 10.1. The van der Waals surface area contributed by atoms with Gasteiger partial charge in [-0.2, -0.15) is 0 Å². The second-order valence-corrected chi connectivity index (χ2v) is 8.84. The Morgan fingerprint density at radius 3 is 2.38 bits per heavy atom. The third-order valence-electron chi connectivity index (χ3n) is 5.50. The molecule has 4 nitrogen and oxygen atoms in total. The zero-order valence-corrected chi connectivity index (χ0v) is 16.7. The van der Waals surface area contributed by atoms with E-state index in [4.69, 9.17) is 11.6 Å². The molecule has 0 bridgehead atoms. The quantitative estimate of drug-likeness (QED) is 0.795. The summed E-state index contributed by atoms with van der Waals surface area (Å²) in [4.78, 5) is 20.5. The molecule has 2 aromatic rings. The highest BCUT2D eigenvalue weighted by atomic mass is 35.5. The molecule has 6 heteroatoms. The summed E-state index contributed by atoms with van der Waals surface area (Å²) in [6.07, 6.45) is 3.59. The van der Waals surface area contributed by atoms with Crippen molar-refractivity contribution in [2.24, 2.45) is 0 Å². The smallest absolute Gasteiger partial charge is 0.236 e. The van der Waals surface area contributed by atoms with Crippen molar-refractivity contribution in [2.75, 3.05) is 45.8 Å². The fraction of sp³-hybridized carbons (Fsp3) is 0.550. The second-order valence-electron chi connectivity index (χ2n) is 7.33. The van der Waals surface area contributed by atoms with E-state index in [1.807, 2.05) is 11.0 Å². The van der Waals surface area contributed by atoms with E-state index < -0.39 is 0 Å². The van der Waals surface area contributed by atoms with Crippen LogP contribution < -0.4 is 0 Å². The van der Waals surface area contributed by atoms with Gasteiger partial charge in [0.25, 0.3) is 0 Å². The number of fused-ring (bicyclic) bond motifs is 1. The molecule has 26 heavy (non-hydrogen) atoms. The van der Waals surface area contributed by atoms with Crippen LogP contribution in [0.2, 0.25) is 5.02 Å². The molecular weight excluding hydrogens is 366 g/mol. The van der Waals surface area contributed by atoms with Gasteiger partial charge in [0.2, 0.25) is 5.91 Å². The average molecular weight is 392 g/mol. The fourth-order valence-electron chi connectivity index (χ4n) is 3.91. The van der Waals surface area contributed by atoms with Gasteiger partial charge < -0.3 is 4.90 Å². The Labute approximate surface area is 164 Å². The number of piperidine rings is 1. The van der Waals surface area contributed by atoms with Crippen molar-refractivity contribution in [1.29, 1.82) is 0 Å². The van der Waals surface area contributed by atoms with Crippen molar-refractivity contribution in [3.05, 3.63) is 34.2 Å². The number of thiophene rings is 1. The van der Waals surface area contributed by atoms with Crippen LogP contribution >= 0.6 is 22.9 Å². The molecule has 0 saturated carbocycles. The number of halogens is 1. The van der Waals surface area contributed by atoms with E-state index in [0.717, 1.165) is 63.7 Å². The van der Waals surface area contributed by atoms with Gasteiger partial charge in [0.1, 0.15) is 0 Å². The monoisotopic (exact) mass is 391 g/mol. The Bertz CT molecular complexity index is 764. The van der Waals surface area contributed by atoms with Gasteiger partial charge in [0, 0.05) is 60.8 Å². The van der Waals surface area contributed by atoms with E-state index in [-0.39, 0.29) is 0 Å². The number of amides is 1. The van der Waals surface area contributed by atoms with Crippen LogP contribution in [0.4, 0.5) is 0 Å². The minimum Gasteiger partial charge on any atom is -0.342 e. The maximum atomic E-state index is 12.4. The molecule has 2 saturated heterocycles. The number of carbonyl (C=O) groups is 1. The molecular formula is C20H26ClN3OS. The minimum atomic E-state index is 0.311. The standard InChI is InChI=1S/C20H26ClN3OS/c21-20-16-6-2-3-7-17(16)26-18(20)14-22-10-12-23(13-11-22)15-19(25)24-8-4-1-5-9-24/h2-3,6-7H,1,4-5,8-15H2. The summed E-state index contributed by atoms with van der Waals surface area (Å²) in [5.74, 6) is 0.311. The Morgan fingerprint density at radius 2 is 1.65 bits per heavy atom. The first-order valence-electron chi connectivity index (χ1n) is 9.59. The predicted molar refractivity (Wildman–Crippen MR) is 109 cm³/mol. The Morgan fingerprint density at radius 1 is 0.962 bits per heavy atom. The summed E-state index contributed by atoms with van der Waals surface area (Å²) in [6, 6.07) is 8.35. The van der Waals surface area contributed by atoms with Crippen molar-refractivity contribution in [1.82, 2.24) is 14.7 Å². The molecule has 0 spiro atoms. The fourth-order valence-corrected chi connectivity index (χ4v) is 5.44. The lowest BCUT2D eigenvalue weighted by Gasteiger charge is -2.35. The lowest BCUT2D eigenvalue weighted by Crippen LogP contribution is -2.50. The molecule has 2 fully saturated rings. The summed E-state index contributed by atoms with van der Waals surface area (Å²) in [5, 5.41) is 2.08. The zero-order chi connectivity index (χ0) is 17.9. The second kappa shape index (κ2) is 8.26. The van der Waals surface area contributed by atoms with Crippen LogP contribution in [0.5, 0.6) is 0 Å². The van der Waals surface area contributed by atoms with Crippen molar-refractivity contribution >= 4 is 38.9 Å². The number of hydrogen-bond donors (Lipinski definition) is 0. The van der Waals surface area contributed by atoms with Crippen LogP contribution in [-0.4, -0.2) is 66.4 Å². The van der Waals surface area contributed by atoms with Gasteiger partial charge in [-0.15, -0.1) is 11.3 Å². The van der Waals surface area contributed by atoms with E-state index >= 15 is 0 Å². The number of hydrogen-bond acceptors (Lipinski definition) is 4. The van der Waals surface area contributed by atoms with Crippen LogP contribution in [0.15, 0.2) is 24.3 Å². The van der Waals surface area contributed by atoms with E-state index in [0.29, 0.717) is 12.5 Å². The number of nitrogens with zero attached hydrogens (tertiary/aromatic N) is 3. The van der Waals surface area contributed by atoms with Crippen LogP contribution in [0.3, 0.4) is 0 Å². The minimum absolute atomic E-state index is 0.311. The van der Waals surface area contributed by atoms with E-state index in [2.05, 4.69) is 28.0 Å². The van der Waals surface area contributed by atoms with Crippen LogP contribution in [-0.2, 0) is 11.3 Å². The van der Waals surface area contributed by atoms with E-state index in [9.17, 15) is 4.79 Å². The van der Waals surface area contributed by atoms with Crippen LogP contribution in [0.1, 0.15) is 24.1 Å². The molecule has 0 unspecified atom stereocenters. The van der Waals surface area contributed by atoms with Gasteiger partial charge in [0.15, 0.2) is 0 Å². The maximum absolute atomic E-state index is 12.4. The highest BCUT2D eigenvalue weighted by molar-refractivity contribution is 7.19. The molecule has 0 aliphatic carbocycles. The van der Waals surface area contributed by atoms with Gasteiger partial charge in [0.05, 0.1) is 11.6 Å². The SMILES string of the molecule is O=C(CN1CCN(Cc2sc3ccccc3c2Cl)CC1)N1CCCCC1. The topological polar surface area (TPSA) is 26.8 Å². The molecule has 4 rings (SSSR count). The largest absolute Gasteiger partial charge is 0.342 e. The number of likely N-dealkylation sites (tertiary alicyclic amines) is 1. The van der Waals surface area contributed by atoms with Gasteiger partial charge in [-0.1, -0.05) is 29.8 Å². The molecule has 2 aliphatic rings.